The van der Waals surface area contributed by atoms with Gasteiger partial charge in [0.1, 0.15) is 11.1 Å². The average molecular weight is 315 g/mol. The zero-order valence-corrected chi connectivity index (χ0v) is 12.7. The second-order valence-corrected chi connectivity index (χ2v) is 5.63. The highest BCUT2D eigenvalue weighted by molar-refractivity contribution is 5.83. The highest BCUT2D eigenvalue weighted by Crippen LogP contribution is 2.27. The summed E-state index contributed by atoms with van der Waals surface area (Å²) in [6, 6.07) is 13.9. The Morgan fingerprint density at radius 2 is 2.04 bits per heavy atom. The van der Waals surface area contributed by atoms with Crippen LogP contribution in [0.3, 0.4) is 0 Å². The number of para-hydroxylation sites is 1. The summed E-state index contributed by atoms with van der Waals surface area (Å²) in [6.07, 6.45) is 5.38. The van der Waals surface area contributed by atoms with E-state index in [0.717, 1.165) is 33.5 Å². The van der Waals surface area contributed by atoms with Gasteiger partial charge in [-0.1, -0.05) is 24.3 Å². The van der Waals surface area contributed by atoms with E-state index in [1.54, 1.807) is 12.4 Å². The molecule has 0 spiro atoms. The fourth-order valence-corrected chi connectivity index (χ4v) is 2.84. The number of pyridine rings is 1. The maximum absolute atomic E-state index is 5.88. The van der Waals surface area contributed by atoms with Crippen LogP contribution < -0.4 is 0 Å². The topological polar surface area (TPSA) is 72.5 Å². The molecule has 6 nitrogen and oxygen atoms in total. The molecule has 0 saturated heterocycles. The molecule has 4 heterocycles. The third-order valence-corrected chi connectivity index (χ3v) is 4.00. The van der Waals surface area contributed by atoms with Crippen LogP contribution in [-0.2, 0) is 6.54 Å². The van der Waals surface area contributed by atoms with Gasteiger partial charge in [0, 0.05) is 17.8 Å². The number of nitrogens with one attached hydrogen (secondary N) is 1. The molecule has 0 radical (unpaired) electrons. The molecule has 1 aromatic carbocycles. The third-order valence-electron chi connectivity index (χ3n) is 4.00. The second-order valence-electron chi connectivity index (χ2n) is 5.63. The molecule has 5 aromatic rings. The Morgan fingerprint density at radius 1 is 1.08 bits per heavy atom. The van der Waals surface area contributed by atoms with Crippen LogP contribution >= 0.6 is 0 Å². The van der Waals surface area contributed by atoms with Crippen molar-refractivity contribution in [2.24, 2.45) is 0 Å². The molecule has 0 saturated carbocycles. The van der Waals surface area contributed by atoms with Crippen LogP contribution in [0.25, 0.3) is 33.7 Å². The molecule has 0 aliphatic carbocycles. The maximum atomic E-state index is 5.88. The number of imidazole rings is 1. The molecular weight excluding hydrogens is 302 g/mol. The molecule has 0 atom stereocenters. The number of nitrogens with zero attached hydrogens (tertiary/aromatic N) is 4. The first-order chi connectivity index (χ1) is 11.9. The Bertz CT molecular complexity index is 1100. The zero-order valence-electron chi connectivity index (χ0n) is 12.7. The van der Waals surface area contributed by atoms with E-state index in [1.165, 1.54) is 0 Å². The third kappa shape index (κ3) is 2.08. The van der Waals surface area contributed by atoms with Gasteiger partial charge in [0.05, 0.1) is 12.7 Å². The summed E-state index contributed by atoms with van der Waals surface area (Å²) in [4.78, 5) is 12.1. The van der Waals surface area contributed by atoms with Gasteiger partial charge in [0.15, 0.2) is 17.2 Å². The fourth-order valence-electron chi connectivity index (χ4n) is 2.84. The molecule has 0 unspecified atom stereocenters. The molecule has 5 rings (SSSR count). The largest absolute Gasteiger partial charge is 0.453 e. The lowest BCUT2D eigenvalue weighted by atomic mass is 10.2. The number of aromatic nitrogens is 5. The van der Waals surface area contributed by atoms with E-state index in [0.29, 0.717) is 12.4 Å². The molecule has 4 aromatic heterocycles. The Balaban J connectivity index is 1.56. The number of aromatic amines is 1. The number of furan rings is 1. The highest BCUT2D eigenvalue weighted by Gasteiger charge is 2.14. The van der Waals surface area contributed by atoms with Crippen LogP contribution in [0.4, 0.5) is 0 Å². The number of benzene rings is 1. The molecule has 6 heteroatoms. The summed E-state index contributed by atoms with van der Waals surface area (Å²) < 4.78 is 7.73. The van der Waals surface area contributed by atoms with Crippen molar-refractivity contribution in [3.8, 4) is 11.6 Å². The van der Waals surface area contributed by atoms with E-state index in [1.807, 2.05) is 53.3 Å². The van der Waals surface area contributed by atoms with Crippen molar-refractivity contribution in [3.05, 3.63) is 66.6 Å². The Morgan fingerprint density at radius 3 is 2.92 bits per heavy atom. The smallest absolute Gasteiger partial charge is 0.177 e. The van der Waals surface area contributed by atoms with Crippen molar-refractivity contribution < 1.29 is 4.42 Å². The molecule has 116 valence electrons. The quantitative estimate of drug-likeness (QED) is 0.552. The summed E-state index contributed by atoms with van der Waals surface area (Å²) >= 11 is 0. The minimum absolute atomic E-state index is 0.627. The van der Waals surface area contributed by atoms with Crippen molar-refractivity contribution in [3.63, 3.8) is 0 Å². The van der Waals surface area contributed by atoms with Gasteiger partial charge in [-0.25, -0.2) is 9.67 Å². The van der Waals surface area contributed by atoms with Crippen LogP contribution in [0, 0.1) is 0 Å². The van der Waals surface area contributed by atoms with E-state index < -0.39 is 0 Å². The molecule has 1 N–H and O–H groups in total. The fraction of sp³-hybridized carbons (Fsp3) is 0.0556. The number of fused-ring (bicyclic) bond motifs is 2. The van der Waals surface area contributed by atoms with Crippen molar-refractivity contribution in [1.82, 2.24) is 24.7 Å². The van der Waals surface area contributed by atoms with Crippen LogP contribution in [0.1, 0.15) is 5.56 Å². The van der Waals surface area contributed by atoms with Gasteiger partial charge in [0.2, 0.25) is 0 Å². The summed E-state index contributed by atoms with van der Waals surface area (Å²) in [5.41, 5.74) is 3.62. The van der Waals surface area contributed by atoms with Crippen molar-refractivity contribution in [2.75, 3.05) is 0 Å². The summed E-state index contributed by atoms with van der Waals surface area (Å²) in [5, 5.41) is 5.45. The predicted molar refractivity (Wildman–Crippen MR) is 90.4 cm³/mol. The van der Waals surface area contributed by atoms with E-state index >= 15 is 0 Å². The highest BCUT2D eigenvalue weighted by atomic mass is 16.3. The summed E-state index contributed by atoms with van der Waals surface area (Å²) in [6.45, 7) is 0.627. The number of hydrogen-bond acceptors (Lipinski definition) is 4. The van der Waals surface area contributed by atoms with E-state index in [4.69, 9.17) is 4.42 Å². The Hall–Kier alpha value is -3.41. The molecule has 0 aliphatic rings. The predicted octanol–water partition coefficient (Wildman–Crippen LogP) is 3.62. The molecule has 0 aliphatic heterocycles. The monoisotopic (exact) mass is 315 g/mol. The number of hydrogen-bond donors (Lipinski definition) is 1. The lowest BCUT2D eigenvalue weighted by Gasteiger charge is -2.00. The van der Waals surface area contributed by atoms with Gasteiger partial charge in [-0.05, 0) is 23.8 Å². The lowest BCUT2D eigenvalue weighted by molar-refractivity contribution is 0.626. The average Bonchev–Trinajstić information content (AvgIpc) is 3.30. The zero-order chi connectivity index (χ0) is 15.9. The van der Waals surface area contributed by atoms with Crippen LogP contribution in [0.5, 0.6) is 0 Å². The minimum atomic E-state index is 0.627. The van der Waals surface area contributed by atoms with E-state index in [2.05, 4.69) is 20.1 Å². The van der Waals surface area contributed by atoms with Gasteiger partial charge < -0.3 is 9.40 Å². The first-order valence-electron chi connectivity index (χ1n) is 7.66. The molecule has 0 fully saturated rings. The summed E-state index contributed by atoms with van der Waals surface area (Å²) in [7, 11) is 0. The molecule has 0 amide bonds. The second kappa shape index (κ2) is 5.06. The Kier molecular flexibility index (Phi) is 2.75. The van der Waals surface area contributed by atoms with Crippen LogP contribution in [0.15, 0.2) is 65.5 Å². The van der Waals surface area contributed by atoms with E-state index in [-0.39, 0.29) is 0 Å². The maximum Gasteiger partial charge on any atom is 0.177 e. The van der Waals surface area contributed by atoms with Gasteiger partial charge >= 0.3 is 0 Å². The first kappa shape index (κ1) is 13.1. The molecule has 0 bridgehead atoms. The van der Waals surface area contributed by atoms with Gasteiger partial charge in [-0.15, -0.1) is 0 Å². The lowest BCUT2D eigenvalue weighted by Crippen LogP contribution is -2.02. The van der Waals surface area contributed by atoms with Crippen molar-refractivity contribution in [1.29, 1.82) is 0 Å². The minimum Gasteiger partial charge on any atom is -0.453 e. The SMILES string of the molecule is c1cncc(Cn2ncc3[nH]c(-c4cc5ccccc5o4)nc32)c1. The first-order valence-corrected chi connectivity index (χ1v) is 7.66. The van der Waals surface area contributed by atoms with Crippen molar-refractivity contribution >= 4 is 22.1 Å². The molecular formula is C18H13N5O. The Labute approximate surface area is 136 Å². The van der Waals surface area contributed by atoms with Gasteiger partial charge in [0.25, 0.3) is 0 Å². The van der Waals surface area contributed by atoms with Crippen molar-refractivity contribution in [2.45, 2.75) is 6.54 Å². The van der Waals surface area contributed by atoms with Gasteiger partial charge in [-0.3, -0.25) is 4.98 Å². The van der Waals surface area contributed by atoms with Crippen LogP contribution in [-0.4, -0.2) is 24.7 Å². The number of H-pyrrole nitrogens is 1. The van der Waals surface area contributed by atoms with E-state index in [9.17, 15) is 0 Å². The molecule has 24 heavy (non-hydrogen) atoms. The van der Waals surface area contributed by atoms with Gasteiger partial charge in [-0.2, -0.15) is 5.10 Å². The summed E-state index contributed by atoms with van der Waals surface area (Å²) in [5.74, 6) is 1.43. The standard InChI is InChI=1S/C18H13N5O/c1-2-6-15-13(5-1)8-16(24-15)17-21-14-10-20-23(18(14)22-17)11-12-4-3-7-19-9-12/h1-10H,11H2,(H,21,22). The number of rotatable bonds is 3. The van der Waals surface area contributed by atoms with Crippen LogP contribution in [0.2, 0.25) is 0 Å². The normalized spacial score (nSPS) is 11.5.